The summed E-state index contributed by atoms with van der Waals surface area (Å²) < 4.78 is 13.7. The molecule has 0 amide bonds. The summed E-state index contributed by atoms with van der Waals surface area (Å²) in [5.41, 5.74) is 3.89. The molecule has 0 saturated heterocycles. The van der Waals surface area contributed by atoms with Gasteiger partial charge in [0.2, 0.25) is 5.89 Å². The maximum atomic E-state index is 6.04. The molecule has 5 aromatic rings. The highest BCUT2D eigenvalue weighted by molar-refractivity contribution is 5.77. The van der Waals surface area contributed by atoms with E-state index >= 15 is 0 Å². The molecule has 0 N–H and O–H groups in total. The molecule has 0 aliphatic rings. The third kappa shape index (κ3) is 5.54. The second kappa shape index (κ2) is 9.96. The molecule has 6 heteroatoms. The highest BCUT2D eigenvalue weighted by Gasteiger charge is 2.06. The van der Waals surface area contributed by atoms with Crippen LogP contribution in [0.1, 0.15) is 29.9 Å². The van der Waals surface area contributed by atoms with Crippen molar-refractivity contribution in [1.29, 1.82) is 0 Å². The van der Waals surface area contributed by atoms with Crippen LogP contribution >= 0.6 is 0 Å². The van der Waals surface area contributed by atoms with Crippen LogP contribution in [0.5, 0.6) is 11.5 Å². The molecule has 33 heavy (non-hydrogen) atoms. The van der Waals surface area contributed by atoms with Crippen LogP contribution in [0, 0.1) is 0 Å². The summed E-state index contributed by atoms with van der Waals surface area (Å²) in [4.78, 5) is 4.56. The predicted octanol–water partition coefficient (Wildman–Crippen LogP) is 6.40. The molecule has 0 atom stereocenters. The van der Waals surface area contributed by atoms with E-state index in [9.17, 15) is 0 Å². The van der Waals surface area contributed by atoms with Crippen LogP contribution in [0.3, 0.4) is 0 Å². The smallest absolute Gasteiger partial charge is 0.220 e. The van der Waals surface area contributed by atoms with E-state index in [0.717, 1.165) is 54.0 Å². The number of aryl methyl sites for hydroxylation is 2. The van der Waals surface area contributed by atoms with Crippen molar-refractivity contribution in [1.82, 2.24) is 20.0 Å². The zero-order valence-corrected chi connectivity index (χ0v) is 18.2. The number of hydrogen-bond acceptors (Lipinski definition) is 5. The van der Waals surface area contributed by atoms with Gasteiger partial charge < -0.3 is 9.15 Å². The topological polar surface area (TPSA) is 66.0 Å². The number of rotatable bonds is 9. The lowest BCUT2D eigenvalue weighted by atomic mass is 10.1. The van der Waals surface area contributed by atoms with Crippen molar-refractivity contribution >= 4 is 23.3 Å². The Morgan fingerprint density at radius 2 is 1.73 bits per heavy atom. The van der Waals surface area contributed by atoms with Crippen molar-refractivity contribution in [3.63, 3.8) is 0 Å². The summed E-state index contributed by atoms with van der Waals surface area (Å²) in [6, 6.07) is 24.0. The van der Waals surface area contributed by atoms with E-state index in [1.165, 1.54) is 5.56 Å². The molecule has 0 aliphatic carbocycles. The van der Waals surface area contributed by atoms with Crippen molar-refractivity contribution in [2.45, 2.75) is 25.8 Å². The third-order valence-electron chi connectivity index (χ3n) is 5.33. The highest BCUT2D eigenvalue weighted by Crippen LogP contribution is 2.27. The summed E-state index contributed by atoms with van der Waals surface area (Å²) in [5.74, 6) is 2.10. The molecule has 0 unspecified atom stereocenters. The average molecular weight is 437 g/mol. The quantitative estimate of drug-likeness (QED) is 0.250. The van der Waals surface area contributed by atoms with Gasteiger partial charge in [0.05, 0.1) is 6.20 Å². The molecule has 164 valence electrons. The zero-order chi connectivity index (χ0) is 22.3. The molecule has 3 aromatic carbocycles. The Labute approximate surface area is 192 Å². The van der Waals surface area contributed by atoms with E-state index in [0.29, 0.717) is 5.89 Å². The van der Waals surface area contributed by atoms with Gasteiger partial charge in [-0.1, -0.05) is 47.7 Å². The average Bonchev–Trinajstić information content (AvgIpc) is 3.52. The minimum absolute atomic E-state index is 0.569. The van der Waals surface area contributed by atoms with Gasteiger partial charge in [-0.2, -0.15) is 0 Å². The third-order valence-corrected chi connectivity index (χ3v) is 5.33. The SMILES string of the molecule is C(=C\c1nc2cc(Oc3ccc(CCCCn4ccnn4)cc3)ccc2o1)/c1ccccc1. The maximum Gasteiger partial charge on any atom is 0.220 e. The lowest BCUT2D eigenvalue weighted by molar-refractivity contribution is 0.482. The molecule has 2 heterocycles. The summed E-state index contributed by atoms with van der Waals surface area (Å²) in [6.45, 7) is 0.898. The maximum absolute atomic E-state index is 6.04. The fraction of sp³-hybridized carbons (Fsp3) is 0.148. The lowest BCUT2D eigenvalue weighted by Crippen LogP contribution is -1.99. The summed E-state index contributed by atoms with van der Waals surface area (Å²) >= 11 is 0. The van der Waals surface area contributed by atoms with Crippen molar-refractivity contribution in [2.75, 3.05) is 0 Å². The Kier molecular flexibility index (Phi) is 6.24. The molecule has 0 aliphatic heterocycles. The lowest BCUT2D eigenvalue weighted by Gasteiger charge is -2.07. The van der Waals surface area contributed by atoms with E-state index in [1.54, 1.807) is 6.20 Å². The van der Waals surface area contributed by atoms with Crippen LogP contribution in [0.2, 0.25) is 0 Å². The van der Waals surface area contributed by atoms with Crippen LogP contribution in [0.4, 0.5) is 0 Å². The Morgan fingerprint density at radius 3 is 2.55 bits per heavy atom. The van der Waals surface area contributed by atoms with E-state index < -0.39 is 0 Å². The monoisotopic (exact) mass is 436 g/mol. The minimum atomic E-state index is 0.569. The number of oxazole rings is 1. The minimum Gasteiger partial charge on any atom is -0.457 e. The van der Waals surface area contributed by atoms with E-state index in [2.05, 4.69) is 27.4 Å². The first kappa shape index (κ1) is 20.7. The van der Waals surface area contributed by atoms with Crippen molar-refractivity contribution in [3.05, 3.63) is 102 Å². The van der Waals surface area contributed by atoms with Gasteiger partial charge in [0.15, 0.2) is 5.58 Å². The van der Waals surface area contributed by atoms with Gasteiger partial charge in [-0.25, -0.2) is 4.98 Å². The number of benzene rings is 3. The van der Waals surface area contributed by atoms with Crippen molar-refractivity contribution < 1.29 is 9.15 Å². The van der Waals surface area contributed by atoms with Crippen molar-refractivity contribution in [2.24, 2.45) is 0 Å². The van der Waals surface area contributed by atoms with Crippen LogP contribution in [-0.2, 0) is 13.0 Å². The van der Waals surface area contributed by atoms with Gasteiger partial charge in [0.25, 0.3) is 0 Å². The number of aromatic nitrogens is 4. The van der Waals surface area contributed by atoms with Gasteiger partial charge in [0.1, 0.15) is 17.0 Å². The first-order valence-corrected chi connectivity index (χ1v) is 11.1. The van der Waals surface area contributed by atoms with Gasteiger partial charge in [0, 0.05) is 24.9 Å². The van der Waals surface area contributed by atoms with E-state index in [1.807, 2.05) is 83.7 Å². The van der Waals surface area contributed by atoms with Crippen LogP contribution in [-0.4, -0.2) is 20.0 Å². The molecule has 2 aromatic heterocycles. The summed E-state index contributed by atoms with van der Waals surface area (Å²) in [5, 5.41) is 7.82. The van der Waals surface area contributed by atoms with Crippen LogP contribution in [0.25, 0.3) is 23.3 Å². The van der Waals surface area contributed by atoms with Gasteiger partial charge in [-0.3, -0.25) is 4.68 Å². The summed E-state index contributed by atoms with van der Waals surface area (Å²) in [6.07, 6.45) is 10.7. The fourth-order valence-electron chi connectivity index (χ4n) is 3.61. The first-order chi connectivity index (χ1) is 16.3. The molecule has 5 rings (SSSR count). The molecular formula is C27H24N4O2. The summed E-state index contributed by atoms with van der Waals surface area (Å²) in [7, 11) is 0. The van der Waals surface area contributed by atoms with Gasteiger partial charge in [-0.15, -0.1) is 5.10 Å². The Bertz CT molecular complexity index is 1320. The Balaban J connectivity index is 1.17. The standard InChI is InChI=1S/C27H24N4O2/c1-2-6-21(7-3-1)11-16-27-29-25-20-24(14-15-26(25)33-27)32-23-12-9-22(10-13-23)8-4-5-18-31-19-17-28-30-31/h1-3,6-7,9-17,19-20H,4-5,8,18H2/b16-11+. The van der Waals surface area contributed by atoms with Crippen molar-refractivity contribution in [3.8, 4) is 11.5 Å². The molecule has 0 radical (unpaired) electrons. The number of hydrogen-bond donors (Lipinski definition) is 0. The largest absolute Gasteiger partial charge is 0.457 e. The fourth-order valence-corrected chi connectivity index (χ4v) is 3.61. The molecule has 0 spiro atoms. The van der Waals surface area contributed by atoms with E-state index in [4.69, 9.17) is 9.15 Å². The second-order valence-electron chi connectivity index (χ2n) is 7.79. The molecular weight excluding hydrogens is 412 g/mol. The molecule has 0 saturated carbocycles. The highest BCUT2D eigenvalue weighted by atomic mass is 16.5. The van der Waals surface area contributed by atoms with Crippen LogP contribution in [0.15, 0.2) is 89.6 Å². The first-order valence-electron chi connectivity index (χ1n) is 11.1. The van der Waals surface area contributed by atoms with E-state index in [-0.39, 0.29) is 0 Å². The normalized spacial score (nSPS) is 11.4. The van der Waals surface area contributed by atoms with Gasteiger partial charge >= 0.3 is 0 Å². The predicted molar refractivity (Wildman–Crippen MR) is 129 cm³/mol. The number of unbranched alkanes of at least 4 members (excludes halogenated alkanes) is 1. The molecule has 0 bridgehead atoms. The zero-order valence-electron chi connectivity index (χ0n) is 18.2. The number of ether oxygens (including phenoxy) is 1. The number of fused-ring (bicyclic) bond motifs is 1. The van der Waals surface area contributed by atoms with Gasteiger partial charge in [-0.05, 0) is 60.7 Å². The number of nitrogens with zero attached hydrogens (tertiary/aromatic N) is 4. The molecule has 6 nitrogen and oxygen atoms in total. The van der Waals surface area contributed by atoms with Crippen LogP contribution < -0.4 is 4.74 Å². The Morgan fingerprint density at radius 1 is 0.879 bits per heavy atom. The second-order valence-corrected chi connectivity index (χ2v) is 7.79. The molecule has 0 fully saturated rings. The Hall–Kier alpha value is -4.19.